The van der Waals surface area contributed by atoms with Crippen LogP contribution in [0.2, 0.25) is 0 Å². The van der Waals surface area contributed by atoms with Crippen LogP contribution in [0.5, 0.6) is 0 Å². The summed E-state index contributed by atoms with van der Waals surface area (Å²) < 4.78 is 0. The lowest BCUT2D eigenvalue weighted by Crippen LogP contribution is -2.31. The van der Waals surface area contributed by atoms with Crippen LogP contribution < -0.4 is 5.32 Å². The molecule has 0 atom stereocenters. The van der Waals surface area contributed by atoms with Crippen LogP contribution in [0.4, 0.5) is 0 Å². The second kappa shape index (κ2) is 4.76. The van der Waals surface area contributed by atoms with E-state index in [2.05, 4.69) is 15.3 Å². The third-order valence-electron chi connectivity index (χ3n) is 1.89. The minimum Gasteiger partial charge on any atom is -0.349 e. The first-order valence-electron chi connectivity index (χ1n) is 4.54. The number of H-pyrrole nitrogens is 1. The van der Waals surface area contributed by atoms with Gasteiger partial charge in [0.05, 0.1) is 6.33 Å². The van der Waals surface area contributed by atoms with Gasteiger partial charge in [-0.3, -0.25) is 4.79 Å². The Morgan fingerprint density at radius 1 is 1.64 bits per heavy atom. The van der Waals surface area contributed by atoms with Crippen molar-refractivity contribution in [2.75, 3.05) is 27.2 Å². The smallest absolute Gasteiger partial charge is 0.271 e. The van der Waals surface area contributed by atoms with Crippen molar-refractivity contribution in [1.29, 1.82) is 0 Å². The lowest BCUT2D eigenvalue weighted by molar-refractivity contribution is 0.0946. The number of rotatable bonds is 4. The molecular weight excluding hydrogens is 180 g/mol. The highest BCUT2D eigenvalue weighted by atomic mass is 16.1. The van der Waals surface area contributed by atoms with Crippen molar-refractivity contribution in [1.82, 2.24) is 20.2 Å². The highest BCUT2D eigenvalue weighted by Crippen LogP contribution is 1.98. The number of amides is 1. The molecule has 0 aromatic carbocycles. The molecule has 0 saturated heterocycles. The average molecular weight is 196 g/mol. The molecule has 1 amide bonds. The van der Waals surface area contributed by atoms with E-state index < -0.39 is 0 Å². The Morgan fingerprint density at radius 2 is 2.36 bits per heavy atom. The van der Waals surface area contributed by atoms with Crippen molar-refractivity contribution in [2.45, 2.75) is 6.92 Å². The zero-order chi connectivity index (χ0) is 10.6. The molecule has 2 N–H and O–H groups in total. The maximum atomic E-state index is 11.5. The minimum atomic E-state index is -0.120. The van der Waals surface area contributed by atoms with Gasteiger partial charge in [-0.15, -0.1) is 0 Å². The van der Waals surface area contributed by atoms with Crippen molar-refractivity contribution >= 4 is 5.91 Å². The molecule has 0 saturated carbocycles. The highest BCUT2D eigenvalue weighted by molar-refractivity contribution is 5.93. The number of aromatic amines is 1. The van der Waals surface area contributed by atoms with Crippen LogP contribution in [0.25, 0.3) is 0 Å². The SMILES string of the molecule is Cc1[nH]cnc1C(=O)NCCN(C)C. The van der Waals surface area contributed by atoms with Crippen molar-refractivity contribution in [3.63, 3.8) is 0 Å². The summed E-state index contributed by atoms with van der Waals surface area (Å²) in [4.78, 5) is 20.3. The maximum Gasteiger partial charge on any atom is 0.271 e. The number of nitrogens with one attached hydrogen (secondary N) is 2. The Hall–Kier alpha value is -1.36. The molecule has 0 bridgehead atoms. The van der Waals surface area contributed by atoms with Gasteiger partial charge in [-0.25, -0.2) is 4.98 Å². The van der Waals surface area contributed by atoms with E-state index in [-0.39, 0.29) is 5.91 Å². The molecule has 0 aliphatic carbocycles. The number of likely N-dealkylation sites (N-methyl/N-ethyl adjacent to an activating group) is 1. The van der Waals surface area contributed by atoms with Crippen LogP contribution in [0.15, 0.2) is 6.33 Å². The number of aromatic nitrogens is 2. The van der Waals surface area contributed by atoms with Gasteiger partial charge in [0.25, 0.3) is 5.91 Å². The molecule has 1 rings (SSSR count). The molecule has 0 unspecified atom stereocenters. The van der Waals surface area contributed by atoms with Gasteiger partial charge in [-0.05, 0) is 21.0 Å². The van der Waals surface area contributed by atoms with Gasteiger partial charge in [-0.2, -0.15) is 0 Å². The molecule has 5 heteroatoms. The molecule has 14 heavy (non-hydrogen) atoms. The predicted octanol–water partition coefficient (Wildman–Crippen LogP) is 0.00952. The molecule has 78 valence electrons. The second-order valence-electron chi connectivity index (χ2n) is 3.44. The Morgan fingerprint density at radius 3 is 2.86 bits per heavy atom. The van der Waals surface area contributed by atoms with Crippen molar-refractivity contribution < 1.29 is 4.79 Å². The van der Waals surface area contributed by atoms with Crippen molar-refractivity contribution in [3.05, 3.63) is 17.7 Å². The summed E-state index contributed by atoms with van der Waals surface area (Å²) in [6, 6.07) is 0. The van der Waals surface area contributed by atoms with E-state index in [1.165, 1.54) is 6.33 Å². The summed E-state index contributed by atoms with van der Waals surface area (Å²) in [6.07, 6.45) is 1.52. The van der Waals surface area contributed by atoms with Crippen LogP contribution in [-0.4, -0.2) is 48.0 Å². The zero-order valence-corrected chi connectivity index (χ0v) is 8.79. The summed E-state index contributed by atoms with van der Waals surface area (Å²) in [5, 5.41) is 2.79. The number of carbonyl (C=O) groups excluding carboxylic acids is 1. The van der Waals surface area contributed by atoms with E-state index in [1.807, 2.05) is 25.9 Å². The topological polar surface area (TPSA) is 61.0 Å². The van der Waals surface area contributed by atoms with Crippen LogP contribution >= 0.6 is 0 Å². The molecule has 5 nitrogen and oxygen atoms in total. The number of hydrogen-bond donors (Lipinski definition) is 2. The molecular formula is C9H16N4O. The highest BCUT2D eigenvalue weighted by Gasteiger charge is 2.10. The Bertz CT molecular complexity index is 306. The zero-order valence-electron chi connectivity index (χ0n) is 8.79. The number of hydrogen-bond acceptors (Lipinski definition) is 3. The molecule has 1 heterocycles. The lowest BCUT2D eigenvalue weighted by Gasteiger charge is -2.09. The first-order valence-corrected chi connectivity index (χ1v) is 4.54. The molecule has 0 aliphatic rings. The molecule has 1 aromatic rings. The van der Waals surface area contributed by atoms with E-state index in [4.69, 9.17) is 0 Å². The standard InChI is InChI=1S/C9H16N4O/c1-7-8(12-6-11-7)9(14)10-4-5-13(2)3/h6H,4-5H2,1-3H3,(H,10,14)(H,11,12). The number of imidazole rings is 1. The van der Waals surface area contributed by atoms with Crippen LogP contribution in [0.1, 0.15) is 16.2 Å². The fourth-order valence-electron chi connectivity index (χ4n) is 1.06. The summed E-state index contributed by atoms with van der Waals surface area (Å²) in [5.74, 6) is -0.120. The van der Waals surface area contributed by atoms with Crippen LogP contribution in [-0.2, 0) is 0 Å². The van der Waals surface area contributed by atoms with Gasteiger partial charge >= 0.3 is 0 Å². The molecule has 0 spiro atoms. The van der Waals surface area contributed by atoms with E-state index >= 15 is 0 Å². The van der Waals surface area contributed by atoms with Crippen molar-refractivity contribution in [2.24, 2.45) is 0 Å². The second-order valence-corrected chi connectivity index (χ2v) is 3.44. The first kappa shape index (κ1) is 10.7. The summed E-state index contributed by atoms with van der Waals surface area (Å²) in [6.45, 7) is 3.29. The molecule has 0 aliphatic heterocycles. The maximum absolute atomic E-state index is 11.5. The van der Waals surface area contributed by atoms with Gasteiger partial charge in [0, 0.05) is 18.8 Å². The third kappa shape index (κ3) is 2.85. The van der Waals surface area contributed by atoms with Gasteiger partial charge < -0.3 is 15.2 Å². The van der Waals surface area contributed by atoms with Gasteiger partial charge in [-0.1, -0.05) is 0 Å². The average Bonchev–Trinajstić information content (AvgIpc) is 2.50. The Labute approximate surface area is 83.5 Å². The molecule has 0 radical (unpaired) electrons. The number of carbonyl (C=O) groups is 1. The Kier molecular flexibility index (Phi) is 3.64. The van der Waals surface area contributed by atoms with E-state index in [1.54, 1.807) is 0 Å². The fourth-order valence-corrected chi connectivity index (χ4v) is 1.06. The summed E-state index contributed by atoms with van der Waals surface area (Å²) in [7, 11) is 3.93. The van der Waals surface area contributed by atoms with E-state index in [0.29, 0.717) is 12.2 Å². The number of nitrogens with zero attached hydrogens (tertiary/aromatic N) is 2. The lowest BCUT2D eigenvalue weighted by atomic mass is 10.3. The first-order chi connectivity index (χ1) is 6.61. The normalized spacial score (nSPS) is 10.6. The van der Waals surface area contributed by atoms with Crippen molar-refractivity contribution in [3.8, 4) is 0 Å². The monoisotopic (exact) mass is 196 g/mol. The van der Waals surface area contributed by atoms with Crippen LogP contribution in [0.3, 0.4) is 0 Å². The molecule has 1 aromatic heterocycles. The molecule has 0 fully saturated rings. The Balaban J connectivity index is 2.40. The minimum absolute atomic E-state index is 0.120. The largest absolute Gasteiger partial charge is 0.349 e. The quantitative estimate of drug-likeness (QED) is 0.713. The van der Waals surface area contributed by atoms with Gasteiger partial charge in [0.1, 0.15) is 5.69 Å². The summed E-state index contributed by atoms with van der Waals surface area (Å²) >= 11 is 0. The predicted molar refractivity (Wildman–Crippen MR) is 54.2 cm³/mol. The van der Waals surface area contributed by atoms with E-state index in [0.717, 1.165) is 12.2 Å². The van der Waals surface area contributed by atoms with Gasteiger partial charge in [0.15, 0.2) is 0 Å². The van der Waals surface area contributed by atoms with Crippen LogP contribution in [0, 0.1) is 6.92 Å². The van der Waals surface area contributed by atoms with E-state index in [9.17, 15) is 4.79 Å². The fraction of sp³-hybridized carbons (Fsp3) is 0.556. The summed E-state index contributed by atoms with van der Waals surface area (Å²) in [5.41, 5.74) is 1.27. The third-order valence-corrected chi connectivity index (χ3v) is 1.89. The van der Waals surface area contributed by atoms with Gasteiger partial charge in [0.2, 0.25) is 0 Å². The number of aryl methyl sites for hydroxylation is 1.